The molecule has 0 N–H and O–H groups in total. The Labute approximate surface area is 152 Å². The molecule has 0 amide bonds. The highest BCUT2D eigenvalue weighted by Gasteiger charge is 2.09. The van der Waals surface area contributed by atoms with Crippen LogP contribution in [0.25, 0.3) is 0 Å². The van der Waals surface area contributed by atoms with Gasteiger partial charge in [-0.05, 0) is 47.9 Å². The highest BCUT2D eigenvalue weighted by Crippen LogP contribution is 2.18. The van der Waals surface area contributed by atoms with Crippen molar-refractivity contribution in [2.45, 2.75) is 13.8 Å². The normalized spacial score (nSPS) is 11.3. The Balaban J connectivity index is 1.82. The van der Waals surface area contributed by atoms with Gasteiger partial charge in [-0.1, -0.05) is 19.0 Å². The van der Waals surface area contributed by atoms with Crippen LogP contribution >= 0.6 is 0 Å². The molecule has 2 rings (SSSR count). The van der Waals surface area contributed by atoms with E-state index in [1.165, 1.54) is 19.2 Å². The van der Waals surface area contributed by atoms with E-state index >= 15 is 0 Å². The molecule has 0 fully saturated rings. The van der Waals surface area contributed by atoms with Gasteiger partial charge in [-0.25, -0.2) is 0 Å². The van der Waals surface area contributed by atoms with Gasteiger partial charge < -0.3 is 14.3 Å². The number of nitro groups is 1. The molecule has 0 aromatic heterocycles. The fourth-order valence-electron chi connectivity index (χ4n) is 2.29. The number of ether oxygens (including phenoxy) is 2. The molecule has 7 nitrogen and oxygen atoms in total. The minimum absolute atomic E-state index is 0.0338. The minimum Gasteiger partial charge on any atom is -0.490 e. The van der Waals surface area contributed by atoms with Crippen molar-refractivity contribution < 1.29 is 19.2 Å². The van der Waals surface area contributed by atoms with Crippen LogP contribution in [-0.4, -0.2) is 31.0 Å². The Morgan fingerprint density at radius 2 is 1.50 bits per heavy atom. The quantitative estimate of drug-likeness (QED) is 0.292. The van der Waals surface area contributed by atoms with Gasteiger partial charge in [0.2, 0.25) is 0 Å². The summed E-state index contributed by atoms with van der Waals surface area (Å²) < 4.78 is 11.1. The number of nitro benzene ring substituents is 1. The molecular weight excluding hydrogens is 336 g/mol. The first-order valence-electron chi connectivity index (χ1n) is 8.22. The van der Waals surface area contributed by atoms with Crippen molar-refractivity contribution in [3.05, 3.63) is 64.2 Å². The van der Waals surface area contributed by atoms with E-state index < -0.39 is 4.92 Å². The number of nitrogens with zero attached hydrogens (tertiary/aromatic N) is 2. The molecule has 26 heavy (non-hydrogen) atoms. The highest BCUT2D eigenvalue weighted by atomic mass is 16.6. The predicted molar refractivity (Wildman–Crippen MR) is 98.9 cm³/mol. The number of oxime groups is 1. The van der Waals surface area contributed by atoms with Gasteiger partial charge >= 0.3 is 0 Å². The molecule has 0 spiro atoms. The van der Waals surface area contributed by atoms with E-state index in [0.29, 0.717) is 19.0 Å². The number of hydrogen-bond acceptors (Lipinski definition) is 6. The smallest absolute Gasteiger partial charge is 0.269 e. The zero-order valence-corrected chi connectivity index (χ0v) is 15.0. The van der Waals surface area contributed by atoms with E-state index in [0.717, 1.165) is 17.0 Å². The third-order valence-electron chi connectivity index (χ3n) is 3.55. The third kappa shape index (κ3) is 5.47. The van der Waals surface area contributed by atoms with Crippen molar-refractivity contribution >= 4 is 11.4 Å². The van der Waals surface area contributed by atoms with Gasteiger partial charge in [0.25, 0.3) is 5.69 Å². The van der Waals surface area contributed by atoms with Crippen molar-refractivity contribution in [1.82, 2.24) is 0 Å². The second kappa shape index (κ2) is 9.41. The second-order valence-corrected chi connectivity index (χ2v) is 5.79. The molecule has 7 heteroatoms. The van der Waals surface area contributed by atoms with Crippen LogP contribution in [-0.2, 0) is 4.84 Å². The SMILES string of the molecule is CO/N=C(/c1ccc(OCCOc2ccc([N+](=O)[O-])cc2)cc1)C(C)C. The first-order chi connectivity index (χ1) is 12.5. The van der Waals surface area contributed by atoms with E-state index in [2.05, 4.69) is 19.0 Å². The van der Waals surface area contributed by atoms with E-state index in [-0.39, 0.29) is 11.6 Å². The Bertz CT molecular complexity index is 740. The lowest BCUT2D eigenvalue weighted by Crippen LogP contribution is -2.11. The summed E-state index contributed by atoms with van der Waals surface area (Å²) in [5.41, 5.74) is 1.89. The van der Waals surface area contributed by atoms with E-state index in [1.807, 2.05) is 24.3 Å². The summed E-state index contributed by atoms with van der Waals surface area (Å²) in [5.74, 6) is 1.53. The zero-order chi connectivity index (χ0) is 18.9. The molecule has 0 saturated carbocycles. The maximum atomic E-state index is 10.6. The number of non-ortho nitro benzene ring substituents is 1. The zero-order valence-electron chi connectivity index (χ0n) is 15.0. The number of hydrogen-bond donors (Lipinski definition) is 0. The van der Waals surface area contributed by atoms with Crippen molar-refractivity contribution in [2.75, 3.05) is 20.3 Å². The molecule has 0 unspecified atom stereocenters. The molecule has 138 valence electrons. The van der Waals surface area contributed by atoms with Crippen LogP contribution in [0.5, 0.6) is 11.5 Å². The summed E-state index contributed by atoms with van der Waals surface area (Å²) >= 11 is 0. The Kier molecular flexibility index (Phi) is 6.96. The Hall–Kier alpha value is -3.09. The van der Waals surface area contributed by atoms with E-state index in [9.17, 15) is 10.1 Å². The lowest BCUT2D eigenvalue weighted by atomic mass is 10.0. The number of benzene rings is 2. The first kappa shape index (κ1) is 19.2. The maximum Gasteiger partial charge on any atom is 0.269 e. The van der Waals surface area contributed by atoms with Gasteiger partial charge in [-0.3, -0.25) is 10.1 Å². The molecule has 0 atom stereocenters. The fourth-order valence-corrected chi connectivity index (χ4v) is 2.29. The lowest BCUT2D eigenvalue weighted by Gasteiger charge is -2.11. The molecule has 2 aromatic rings. The van der Waals surface area contributed by atoms with Crippen LogP contribution in [0.3, 0.4) is 0 Å². The average molecular weight is 358 g/mol. The van der Waals surface area contributed by atoms with Crippen molar-refractivity contribution in [3.8, 4) is 11.5 Å². The van der Waals surface area contributed by atoms with Gasteiger partial charge in [0, 0.05) is 12.1 Å². The monoisotopic (exact) mass is 358 g/mol. The summed E-state index contributed by atoms with van der Waals surface area (Å²) in [5, 5.41) is 14.7. The largest absolute Gasteiger partial charge is 0.490 e. The molecule has 0 saturated heterocycles. The van der Waals surface area contributed by atoms with Crippen LogP contribution in [0.1, 0.15) is 19.4 Å². The molecule has 2 aromatic carbocycles. The molecule has 0 aliphatic heterocycles. The van der Waals surface area contributed by atoms with Crippen LogP contribution in [0.4, 0.5) is 5.69 Å². The van der Waals surface area contributed by atoms with Crippen molar-refractivity contribution in [2.24, 2.45) is 11.1 Å². The Morgan fingerprint density at radius 3 is 1.92 bits per heavy atom. The minimum atomic E-state index is -0.446. The van der Waals surface area contributed by atoms with E-state index in [1.54, 1.807) is 12.1 Å². The van der Waals surface area contributed by atoms with Gasteiger partial charge in [0.05, 0.1) is 10.6 Å². The van der Waals surface area contributed by atoms with Crippen LogP contribution < -0.4 is 9.47 Å². The second-order valence-electron chi connectivity index (χ2n) is 5.79. The summed E-state index contributed by atoms with van der Waals surface area (Å²) in [6.07, 6.45) is 0. The standard InChI is InChI=1S/C19H22N2O5/c1-14(2)19(20-24-3)15-4-8-17(9-5-15)25-12-13-26-18-10-6-16(7-11-18)21(22)23/h4-11,14H,12-13H2,1-3H3/b20-19+. The molecule has 0 radical (unpaired) electrons. The Morgan fingerprint density at radius 1 is 1.00 bits per heavy atom. The van der Waals surface area contributed by atoms with Gasteiger partial charge in [0.15, 0.2) is 0 Å². The molecule has 0 aliphatic carbocycles. The predicted octanol–water partition coefficient (Wildman–Crippen LogP) is 4.06. The van der Waals surface area contributed by atoms with Crippen LogP contribution in [0.15, 0.2) is 53.7 Å². The van der Waals surface area contributed by atoms with Gasteiger partial charge in [-0.15, -0.1) is 0 Å². The molecular formula is C19H22N2O5. The molecule has 0 heterocycles. The first-order valence-corrected chi connectivity index (χ1v) is 8.22. The van der Waals surface area contributed by atoms with Gasteiger partial charge in [0.1, 0.15) is 31.8 Å². The third-order valence-corrected chi connectivity index (χ3v) is 3.55. The number of rotatable bonds is 9. The summed E-state index contributed by atoms with van der Waals surface area (Å²) in [6, 6.07) is 13.6. The van der Waals surface area contributed by atoms with Gasteiger partial charge in [-0.2, -0.15) is 0 Å². The molecule has 0 aliphatic rings. The van der Waals surface area contributed by atoms with Crippen molar-refractivity contribution in [3.63, 3.8) is 0 Å². The van der Waals surface area contributed by atoms with Crippen LogP contribution in [0, 0.1) is 16.0 Å². The summed E-state index contributed by atoms with van der Waals surface area (Å²) in [4.78, 5) is 15.0. The summed E-state index contributed by atoms with van der Waals surface area (Å²) in [6.45, 7) is 4.80. The molecule has 0 bridgehead atoms. The fraction of sp³-hybridized carbons (Fsp3) is 0.316. The van der Waals surface area contributed by atoms with E-state index in [4.69, 9.17) is 14.3 Å². The highest BCUT2D eigenvalue weighted by molar-refractivity contribution is 6.01. The average Bonchev–Trinajstić information content (AvgIpc) is 2.64. The lowest BCUT2D eigenvalue weighted by molar-refractivity contribution is -0.384. The van der Waals surface area contributed by atoms with Crippen LogP contribution in [0.2, 0.25) is 0 Å². The summed E-state index contributed by atoms with van der Waals surface area (Å²) in [7, 11) is 1.53. The van der Waals surface area contributed by atoms with Crippen molar-refractivity contribution in [1.29, 1.82) is 0 Å². The topological polar surface area (TPSA) is 83.2 Å². The maximum absolute atomic E-state index is 10.6.